The summed E-state index contributed by atoms with van der Waals surface area (Å²) in [6.45, 7) is 6.36. The van der Waals surface area contributed by atoms with Gasteiger partial charge in [-0.3, -0.25) is 9.36 Å². The lowest BCUT2D eigenvalue weighted by Gasteiger charge is -2.14. The Morgan fingerprint density at radius 2 is 1.76 bits per heavy atom. The molecule has 29 heavy (non-hydrogen) atoms. The first-order valence-corrected chi connectivity index (χ1v) is 10.2. The highest BCUT2D eigenvalue weighted by molar-refractivity contribution is 7.18. The van der Waals surface area contributed by atoms with Crippen LogP contribution in [0.15, 0.2) is 58.1 Å². The van der Waals surface area contributed by atoms with Gasteiger partial charge in [-0.05, 0) is 49.6 Å². The zero-order valence-electron chi connectivity index (χ0n) is 16.9. The topological polar surface area (TPSA) is 53.2 Å². The third-order valence-corrected chi connectivity index (χ3v) is 6.58. The molecule has 0 N–H and O–H groups in total. The number of fused-ring (bicyclic) bond motifs is 1. The minimum Gasteiger partial charge on any atom is -0.497 e. The number of aromatic nitrogens is 2. The number of ether oxygens (including phenoxy) is 1. The van der Waals surface area contributed by atoms with Crippen LogP contribution < -0.4 is 16.0 Å². The van der Waals surface area contributed by atoms with Gasteiger partial charge in [0.15, 0.2) is 0 Å². The number of thiophene rings is 1. The third kappa shape index (κ3) is 3.19. The Labute approximate surface area is 172 Å². The van der Waals surface area contributed by atoms with Crippen LogP contribution in [0.3, 0.4) is 0 Å². The first-order valence-electron chi connectivity index (χ1n) is 9.37. The molecule has 0 unspecified atom stereocenters. The van der Waals surface area contributed by atoms with E-state index < -0.39 is 0 Å². The van der Waals surface area contributed by atoms with Gasteiger partial charge in [0, 0.05) is 10.9 Å². The average molecular weight is 407 g/mol. The fourth-order valence-corrected chi connectivity index (χ4v) is 4.67. The summed E-state index contributed by atoms with van der Waals surface area (Å²) < 4.78 is 8.25. The molecule has 0 saturated carbocycles. The molecule has 4 rings (SSSR count). The van der Waals surface area contributed by atoms with E-state index in [1.165, 1.54) is 15.9 Å². The standard InChI is InChI=1S/C23H22N2O3S/c1-14-8-5-6-9-17(14)13-24-22-20(15(2)16(3)29-22)21(26)25(23(24)27)18-10-7-11-19(12-18)28-4/h5-12H,13H2,1-4H3. The van der Waals surface area contributed by atoms with E-state index in [9.17, 15) is 9.59 Å². The van der Waals surface area contributed by atoms with E-state index in [0.29, 0.717) is 23.4 Å². The van der Waals surface area contributed by atoms with Crippen molar-refractivity contribution in [2.45, 2.75) is 27.3 Å². The normalized spacial score (nSPS) is 11.2. The summed E-state index contributed by atoms with van der Waals surface area (Å²) in [5.74, 6) is 0.595. The molecule has 0 amide bonds. The second-order valence-corrected chi connectivity index (χ2v) is 8.30. The van der Waals surface area contributed by atoms with E-state index in [2.05, 4.69) is 0 Å². The quantitative estimate of drug-likeness (QED) is 0.510. The van der Waals surface area contributed by atoms with Crippen molar-refractivity contribution in [3.63, 3.8) is 0 Å². The fourth-order valence-electron chi connectivity index (χ4n) is 3.53. The Morgan fingerprint density at radius 3 is 2.48 bits per heavy atom. The Kier molecular flexibility index (Phi) is 4.88. The van der Waals surface area contributed by atoms with Crippen LogP contribution in [0.1, 0.15) is 21.6 Å². The second kappa shape index (κ2) is 7.37. The van der Waals surface area contributed by atoms with Crippen LogP contribution in [-0.2, 0) is 6.54 Å². The minimum absolute atomic E-state index is 0.291. The number of hydrogen-bond donors (Lipinski definition) is 0. The van der Waals surface area contributed by atoms with Gasteiger partial charge >= 0.3 is 5.69 Å². The van der Waals surface area contributed by atoms with Crippen molar-refractivity contribution in [2.24, 2.45) is 0 Å². The maximum absolute atomic E-state index is 13.5. The van der Waals surface area contributed by atoms with Gasteiger partial charge in [-0.1, -0.05) is 30.3 Å². The zero-order valence-corrected chi connectivity index (χ0v) is 17.7. The molecular weight excluding hydrogens is 384 g/mol. The lowest BCUT2D eigenvalue weighted by molar-refractivity contribution is 0.414. The van der Waals surface area contributed by atoms with Crippen molar-refractivity contribution in [2.75, 3.05) is 7.11 Å². The Morgan fingerprint density at radius 1 is 1.00 bits per heavy atom. The van der Waals surface area contributed by atoms with Crippen molar-refractivity contribution < 1.29 is 4.74 Å². The number of hydrogen-bond acceptors (Lipinski definition) is 4. The minimum atomic E-state index is -0.347. The molecule has 0 aliphatic rings. The van der Waals surface area contributed by atoms with Crippen LogP contribution in [0.25, 0.3) is 15.9 Å². The summed E-state index contributed by atoms with van der Waals surface area (Å²) >= 11 is 1.50. The van der Waals surface area contributed by atoms with Gasteiger partial charge < -0.3 is 4.74 Å². The molecular formula is C23H22N2O3S. The van der Waals surface area contributed by atoms with Crippen LogP contribution >= 0.6 is 11.3 Å². The molecule has 2 aromatic carbocycles. The number of rotatable bonds is 4. The van der Waals surface area contributed by atoms with Crippen LogP contribution in [0.2, 0.25) is 0 Å². The molecule has 148 valence electrons. The highest BCUT2D eigenvalue weighted by Crippen LogP contribution is 2.28. The predicted molar refractivity (Wildman–Crippen MR) is 118 cm³/mol. The fraction of sp³-hybridized carbons (Fsp3) is 0.217. The first kappa shape index (κ1) is 19.2. The second-order valence-electron chi connectivity index (χ2n) is 7.10. The Hall–Kier alpha value is -3.12. The lowest BCUT2D eigenvalue weighted by Crippen LogP contribution is -2.39. The Balaban J connectivity index is 2.07. The molecule has 5 nitrogen and oxygen atoms in total. The maximum Gasteiger partial charge on any atom is 0.337 e. The molecule has 0 bridgehead atoms. The lowest BCUT2D eigenvalue weighted by atomic mass is 10.1. The maximum atomic E-state index is 13.5. The number of benzene rings is 2. The molecule has 0 radical (unpaired) electrons. The van der Waals surface area contributed by atoms with Crippen molar-refractivity contribution in [1.82, 2.24) is 9.13 Å². The smallest absolute Gasteiger partial charge is 0.337 e. The summed E-state index contributed by atoms with van der Waals surface area (Å²) in [4.78, 5) is 28.7. The number of aryl methyl sites for hydroxylation is 3. The van der Waals surface area contributed by atoms with Crippen LogP contribution in [-0.4, -0.2) is 16.2 Å². The summed E-state index contributed by atoms with van der Waals surface area (Å²) in [7, 11) is 1.56. The van der Waals surface area contributed by atoms with Gasteiger partial charge in [-0.2, -0.15) is 0 Å². The number of methoxy groups -OCH3 is 1. The highest BCUT2D eigenvalue weighted by Gasteiger charge is 2.20. The van der Waals surface area contributed by atoms with Gasteiger partial charge in [0.25, 0.3) is 5.56 Å². The molecule has 2 heterocycles. The predicted octanol–water partition coefficient (Wildman–Crippen LogP) is 4.20. The number of nitrogens with zero attached hydrogens (tertiary/aromatic N) is 2. The van der Waals surface area contributed by atoms with E-state index in [-0.39, 0.29) is 11.2 Å². The van der Waals surface area contributed by atoms with E-state index in [4.69, 9.17) is 4.74 Å². The molecule has 0 atom stereocenters. The summed E-state index contributed by atoms with van der Waals surface area (Å²) in [5.41, 5.74) is 2.95. The summed E-state index contributed by atoms with van der Waals surface area (Å²) in [5, 5.41) is 0.600. The van der Waals surface area contributed by atoms with E-state index in [1.807, 2.05) is 45.0 Å². The van der Waals surface area contributed by atoms with Gasteiger partial charge in [0.05, 0.1) is 24.7 Å². The van der Waals surface area contributed by atoms with Gasteiger partial charge in [-0.15, -0.1) is 11.3 Å². The summed E-state index contributed by atoms with van der Waals surface area (Å²) in [6.07, 6.45) is 0. The first-order chi connectivity index (χ1) is 13.9. The molecule has 0 fully saturated rings. The molecule has 0 saturated heterocycles. The molecule has 2 aromatic heterocycles. The molecule has 0 aliphatic carbocycles. The molecule has 0 spiro atoms. The van der Waals surface area contributed by atoms with Crippen LogP contribution in [0, 0.1) is 20.8 Å². The van der Waals surface area contributed by atoms with Crippen LogP contribution in [0.4, 0.5) is 0 Å². The van der Waals surface area contributed by atoms with Gasteiger partial charge in [0.1, 0.15) is 10.6 Å². The van der Waals surface area contributed by atoms with E-state index in [1.54, 1.807) is 35.9 Å². The zero-order chi connectivity index (χ0) is 20.7. The highest BCUT2D eigenvalue weighted by atomic mass is 32.1. The van der Waals surface area contributed by atoms with E-state index in [0.717, 1.165) is 26.4 Å². The van der Waals surface area contributed by atoms with Crippen molar-refractivity contribution >= 4 is 21.6 Å². The molecule has 0 aliphatic heterocycles. The monoisotopic (exact) mass is 406 g/mol. The van der Waals surface area contributed by atoms with E-state index >= 15 is 0 Å². The van der Waals surface area contributed by atoms with Crippen molar-refractivity contribution in [1.29, 1.82) is 0 Å². The van der Waals surface area contributed by atoms with Gasteiger partial charge in [0.2, 0.25) is 0 Å². The van der Waals surface area contributed by atoms with Crippen molar-refractivity contribution in [3.05, 3.63) is 90.9 Å². The van der Waals surface area contributed by atoms with Crippen molar-refractivity contribution in [3.8, 4) is 11.4 Å². The third-order valence-electron chi connectivity index (χ3n) is 5.35. The molecule has 6 heteroatoms. The molecule has 4 aromatic rings. The summed E-state index contributed by atoms with van der Waals surface area (Å²) in [6, 6.07) is 15.0. The SMILES string of the molecule is COc1cccc(-n2c(=O)c3c(C)c(C)sc3n(Cc3ccccc3C)c2=O)c1. The Bertz CT molecular complexity index is 1340. The van der Waals surface area contributed by atoms with Crippen LogP contribution in [0.5, 0.6) is 5.75 Å². The van der Waals surface area contributed by atoms with Gasteiger partial charge in [-0.25, -0.2) is 9.36 Å². The average Bonchev–Trinajstić information content (AvgIpc) is 3.01. The largest absolute Gasteiger partial charge is 0.497 e.